The van der Waals surface area contributed by atoms with E-state index in [1.165, 1.54) is 0 Å². The average Bonchev–Trinajstić information content (AvgIpc) is 2.23. The molecule has 2 N–H and O–H groups in total. The number of aliphatic hydroxyl groups excluding tert-OH is 1. The number of hydrogen-bond acceptors (Lipinski definition) is 4. The minimum atomic E-state index is -0.832. The number of aliphatic hydroxyl groups is 1. The maximum absolute atomic E-state index is 13.0. The van der Waals surface area contributed by atoms with Crippen molar-refractivity contribution in [2.75, 3.05) is 18.5 Å². The molecule has 0 aliphatic rings. The largest absolute Gasteiger partial charge is 0.396 e. The van der Waals surface area contributed by atoms with Crippen molar-refractivity contribution in [1.82, 2.24) is 0 Å². The van der Waals surface area contributed by atoms with Gasteiger partial charge in [-0.1, -0.05) is 11.6 Å². The van der Waals surface area contributed by atoms with Gasteiger partial charge in [-0.25, -0.2) is 4.39 Å². The number of nitrogens with one attached hydrogen (secondary N) is 1. The minimum absolute atomic E-state index is 0.0320. The van der Waals surface area contributed by atoms with Crippen LogP contribution in [0.5, 0.6) is 0 Å². The summed E-state index contributed by atoms with van der Waals surface area (Å²) in [7, 11) is 0. The summed E-state index contributed by atoms with van der Waals surface area (Å²) in [4.78, 5) is 9.93. The number of hydrogen-bond donors (Lipinski definition) is 2. The molecule has 1 rings (SSSR count). The maximum Gasteiger partial charge on any atom is 0.295 e. The molecule has 0 radical (unpaired) electrons. The van der Waals surface area contributed by atoms with E-state index in [0.29, 0.717) is 13.0 Å². The van der Waals surface area contributed by atoms with E-state index >= 15 is 0 Å². The van der Waals surface area contributed by atoms with Crippen LogP contribution in [0, 0.1) is 15.9 Å². The summed E-state index contributed by atoms with van der Waals surface area (Å²) < 4.78 is 13.0. The van der Waals surface area contributed by atoms with Gasteiger partial charge in [0.15, 0.2) is 0 Å². The van der Waals surface area contributed by atoms with Crippen molar-refractivity contribution < 1.29 is 14.4 Å². The molecule has 0 atom stereocenters. The zero-order chi connectivity index (χ0) is 12.1. The third-order valence-electron chi connectivity index (χ3n) is 1.89. The Balaban J connectivity index is 2.95. The summed E-state index contributed by atoms with van der Waals surface area (Å²) in [6.45, 7) is 0.315. The van der Waals surface area contributed by atoms with Gasteiger partial charge in [0, 0.05) is 13.2 Å². The van der Waals surface area contributed by atoms with Crippen LogP contribution in [-0.2, 0) is 0 Å². The Morgan fingerprint density at radius 2 is 2.25 bits per heavy atom. The van der Waals surface area contributed by atoms with Crippen LogP contribution in [0.3, 0.4) is 0 Å². The van der Waals surface area contributed by atoms with Crippen LogP contribution in [0.25, 0.3) is 0 Å². The quantitative estimate of drug-likeness (QED) is 0.476. The summed E-state index contributed by atoms with van der Waals surface area (Å²) in [5.41, 5.74) is -0.232. The lowest BCUT2D eigenvalue weighted by atomic mass is 10.2. The maximum atomic E-state index is 13.0. The highest BCUT2D eigenvalue weighted by Gasteiger charge is 2.17. The molecule has 16 heavy (non-hydrogen) atoms. The number of halogens is 2. The Hall–Kier alpha value is -1.40. The number of benzene rings is 1. The van der Waals surface area contributed by atoms with Crippen molar-refractivity contribution in [2.24, 2.45) is 0 Å². The first kappa shape index (κ1) is 12.7. The van der Waals surface area contributed by atoms with Gasteiger partial charge in [-0.2, -0.15) is 0 Å². The van der Waals surface area contributed by atoms with E-state index in [4.69, 9.17) is 16.7 Å². The molecular weight excluding hydrogens is 239 g/mol. The highest BCUT2D eigenvalue weighted by Crippen LogP contribution is 2.30. The summed E-state index contributed by atoms with van der Waals surface area (Å²) in [6.07, 6.45) is 0.437. The molecule has 5 nitrogen and oxygen atoms in total. The monoisotopic (exact) mass is 248 g/mol. The molecule has 0 spiro atoms. The second-order valence-corrected chi connectivity index (χ2v) is 3.45. The number of nitrogens with zero attached hydrogens (tertiary/aromatic N) is 1. The van der Waals surface area contributed by atoms with Gasteiger partial charge in [0.25, 0.3) is 5.69 Å². The molecule has 1 aromatic carbocycles. The molecule has 0 bridgehead atoms. The number of nitro benzene ring substituents is 1. The van der Waals surface area contributed by atoms with E-state index in [-0.39, 0.29) is 23.0 Å². The topological polar surface area (TPSA) is 75.4 Å². The molecule has 0 fully saturated rings. The first-order valence-electron chi connectivity index (χ1n) is 4.54. The zero-order valence-electron chi connectivity index (χ0n) is 8.24. The molecule has 0 saturated carbocycles. The molecular formula is C9H10ClFN2O3. The van der Waals surface area contributed by atoms with Crippen LogP contribution in [0.4, 0.5) is 15.8 Å². The van der Waals surface area contributed by atoms with E-state index in [0.717, 1.165) is 12.1 Å². The number of nitro groups is 1. The molecule has 0 heterocycles. The molecule has 0 amide bonds. The Labute approximate surface area is 96.0 Å². The van der Waals surface area contributed by atoms with E-state index in [1.54, 1.807) is 0 Å². The Bertz CT molecular complexity index is 401. The lowest BCUT2D eigenvalue weighted by molar-refractivity contribution is -0.384. The standard InChI is InChI=1S/C9H10ClFN2O3/c10-6-4-8(12-2-1-3-14)9(13(15)16)5-7(6)11/h4-5,12,14H,1-3H2. The number of anilines is 1. The van der Waals surface area contributed by atoms with Crippen molar-refractivity contribution in [3.05, 3.63) is 33.1 Å². The van der Waals surface area contributed by atoms with Crippen molar-refractivity contribution in [2.45, 2.75) is 6.42 Å². The van der Waals surface area contributed by atoms with Crippen LogP contribution in [-0.4, -0.2) is 23.2 Å². The van der Waals surface area contributed by atoms with Crippen LogP contribution in [0.15, 0.2) is 12.1 Å². The summed E-state index contributed by atoms with van der Waals surface area (Å²) in [5, 5.41) is 21.7. The van der Waals surface area contributed by atoms with E-state index in [9.17, 15) is 14.5 Å². The van der Waals surface area contributed by atoms with E-state index in [2.05, 4.69) is 5.32 Å². The van der Waals surface area contributed by atoms with Gasteiger partial charge in [0.05, 0.1) is 16.0 Å². The minimum Gasteiger partial charge on any atom is -0.396 e. The van der Waals surface area contributed by atoms with Gasteiger partial charge in [-0.05, 0) is 12.5 Å². The van der Waals surface area contributed by atoms with Crippen LogP contribution >= 0.6 is 11.6 Å². The van der Waals surface area contributed by atoms with E-state index < -0.39 is 10.7 Å². The predicted molar refractivity (Wildman–Crippen MR) is 58.3 cm³/mol. The molecule has 88 valence electrons. The lowest BCUT2D eigenvalue weighted by Gasteiger charge is -2.06. The van der Waals surface area contributed by atoms with Crippen molar-refractivity contribution >= 4 is 23.0 Å². The number of rotatable bonds is 5. The van der Waals surface area contributed by atoms with Crippen LogP contribution < -0.4 is 5.32 Å². The SMILES string of the molecule is O=[N+]([O-])c1cc(F)c(Cl)cc1NCCCO. The summed E-state index contributed by atoms with van der Waals surface area (Å²) >= 11 is 5.52. The fraction of sp³-hybridized carbons (Fsp3) is 0.333. The fourth-order valence-electron chi connectivity index (χ4n) is 1.13. The lowest BCUT2D eigenvalue weighted by Crippen LogP contribution is -2.06. The van der Waals surface area contributed by atoms with Gasteiger partial charge < -0.3 is 10.4 Å². The predicted octanol–water partition coefficient (Wildman–Crippen LogP) is 2.18. The third-order valence-corrected chi connectivity index (χ3v) is 2.18. The van der Waals surface area contributed by atoms with Gasteiger partial charge in [0.2, 0.25) is 0 Å². The van der Waals surface area contributed by atoms with Gasteiger partial charge in [0.1, 0.15) is 11.5 Å². The summed E-state index contributed by atoms with van der Waals surface area (Å²) in [6, 6.07) is 1.93. The van der Waals surface area contributed by atoms with E-state index in [1.807, 2.05) is 0 Å². The molecule has 1 aromatic rings. The van der Waals surface area contributed by atoms with Gasteiger partial charge >= 0.3 is 0 Å². The first-order valence-corrected chi connectivity index (χ1v) is 4.92. The second kappa shape index (κ2) is 5.62. The molecule has 0 aromatic heterocycles. The van der Waals surface area contributed by atoms with Gasteiger partial charge in [-0.15, -0.1) is 0 Å². The van der Waals surface area contributed by atoms with Crippen molar-refractivity contribution in [3.8, 4) is 0 Å². The highest BCUT2D eigenvalue weighted by atomic mass is 35.5. The van der Waals surface area contributed by atoms with Crippen molar-refractivity contribution in [3.63, 3.8) is 0 Å². The Morgan fingerprint density at radius 3 is 2.81 bits per heavy atom. The van der Waals surface area contributed by atoms with Crippen molar-refractivity contribution in [1.29, 1.82) is 0 Å². The van der Waals surface area contributed by atoms with Gasteiger partial charge in [-0.3, -0.25) is 10.1 Å². The molecule has 7 heteroatoms. The average molecular weight is 249 g/mol. The van der Waals surface area contributed by atoms with Crippen LogP contribution in [0.2, 0.25) is 5.02 Å². The van der Waals surface area contributed by atoms with Crippen LogP contribution in [0.1, 0.15) is 6.42 Å². The summed E-state index contributed by atoms with van der Waals surface area (Å²) in [5.74, 6) is -0.832. The Kier molecular flexibility index (Phi) is 4.45. The molecule has 0 aliphatic heterocycles. The fourth-order valence-corrected chi connectivity index (χ4v) is 1.29. The Morgan fingerprint density at radius 1 is 1.56 bits per heavy atom. The molecule has 0 aliphatic carbocycles. The third kappa shape index (κ3) is 3.04. The normalized spacial score (nSPS) is 10.2. The second-order valence-electron chi connectivity index (χ2n) is 3.04. The molecule has 0 unspecified atom stereocenters. The smallest absolute Gasteiger partial charge is 0.295 e. The zero-order valence-corrected chi connectivity index (χ0v) is 9.00. The highest BCUT2D eigenvalue weighted by molar-refractivity contribution is 6.31. The first-order chi connectivity index (χ1) is 7.56. The molecule has 0 saturated heterocycles.